The number of amides is 1. The van der Waals surface area contributed by atoms with Crippen molar-refractivity contribution in [2.45, 2.75) is 31.2 Å². The maximum absolute atomic E-state index is 12.2. The molecule has 0 saturated heterocycles. The van der Waals surface area contributed by atoms with E-state index in [0.29, 0.717) is 24.8 Å². The number of fused-ring (bicyclic) bond motifs is 1. The summed E-state index contributed by atoms with van der Waals surface area (Å²) in [6.45, 7) is 5.37. The smallest absolute Gasteiger partial charge is 0.235 e. The molecule has 7 heteroatoms. The summed E-state index contributed by atoms with van der Waals surface area (Å²) in [6.07, 6.45) is 2.57. The molecule has 6 nitrogen and oxygen atoms in total. The lowest BCUT2D eigenvalue weighted by Gasteiger charge is -2.12. The van der Waals surface area contributed by atoms with Crippen molar-refractivity contribution in [1.82, 2.24) is 9.78 Å². The standard InChI is InChI=1S/C17H21N3O3S/c1-12(2)20-16(6-7-18-20)19-17(21)11-24-13-4-5-14-15(10-13)23-9-3-8-22-14/h4-7,10,12H,3,8-9,11H2,1-2H3,(H,19,21). The molecule has 0 saturated carbocycles. The van der Waals surface area contributed by atoms with Gasteiger partial charge in [-0.2, -0.15) is 5.10 Å². The van der Waals surface area contributed by atoms with Crippen molar-refractivity contribution < 1.29 is 14.3 Å². The largest absolute Gasteiger partial charge is 0.490 e. The first kappa shape index (κ1) is 16.7. The number of hydrogen-bond donors (Lipinski definition) is 1. The highest BCUT2D eigenvalue weighted by atomic mass is 32.2. The number of anilines is 1. The number of hydrogen-bond acceptors (Lipinski definition) is 5. The van der Waals surface area contributed by atoms with Crippen LogP contribution in [-0.2, 0) is 4.79 Å². The normalized spacial score (nSPS) is 13.6. The summed E-state index contributed by atoms with van der Waals surface area (Å²) < 4.78 is 13.1. The number of nitrogens with zero attached hydrogens (tertiary/aromatic N) is 2. The van der Waals surface area contributed by atoms with Gasteiger partial charge in [0, 0.05) is 23.4 Å². The highest BCUT2D eigenvalue weighted by molar-refractivity contribution is 8.00. The van der Waals surface area contributed by atoms with Crippen LogP contribution in [0.4, 0.5) is 5.82 Å². The van der Waals surface area contributed by atoms with Crippen molar-refractivity contribution in [2.75, 3.05) is 24.3 Å². The minimum Gasteiger partial charge on any atom is -0.490 e. The Kier molecular flexibility index (Phi) is 5.30. The van der Waals surface area contributed by atoms with Gasteiger partial charge < -0.3 is 14.8 Å². The van der Waals surface area contributed by atoms with Gasteiger partial charge in [0.2, 0.25) is 5.91 Å². The Bertz CT molecular complexity index is 715. The second-order valence-electron chi connectivity index (χ2n) is 5.75. The topological polar surface area (TPSA) is 65.4 Å². The lowest BCUT2D eigenvalue weighted by atomic mass is 10.3. The third-order valence-electron chi connectivity index (χ3n) is 3.52. The molecular weight excluding hydrogens is 326 g/mol. The molecular formula is C17H21N3O3S. The van der Waals surface area contributed by atoms with Gasteiger partial charge in [0.25, 0.3) is 0 Å². The zero-order valence-corrected chi connectivity index (χ0v) is 14.6. The van der Waals surface area contributed by atoms with Gasteiger partial charge in [-0.05, 0) is 32.0 Å². The van der Waals surface area contributed by atoms with Crippen LogP contribution in [0.15, 0.2) is 35.4 Å². The molecule has 0 aliphatic carbocycles. The van der Waals surface area contributed by atoms with Gasteiger partial charge in [0.15, 0.2) is 11.5 Å². The Morgan fingerprint density at radius 2 is 2.08 bits per heavy atom. The molecule has 1 amide bonds. The monoisotopic (exact) mass is 347 g/mol. The van der Waals surface area contributed by atoms with Crippen LogP contribution in [0, 0.1) is 0 Å². The Hall–Kier alpha value is -2.15. The molecule has 1 N–H and O–H groups in total. The Morgan fingerprint density at radius 1 is 1.29 bits per heavy atom. The molecule has 0 bridgehead atoms. The van der Waals surface area contributed by atoms with Crippen LogP contribution in [0.3, 0.4) is 0 Å². The lowest BCUT2D eigenvalue weighted by Crippen LogP contribution is -2.18. The highest BCUT2D eigenvalue weighted by Crippen LogP contribution is 2.33. The van der Waals surface area contributed by atoms with Crippen LogP contribution < -0.4 is 14.8 Å². The SMILES string of the molecule is CC(C)n1nccc1NC(=O)CSc1ccc2c(c1)OCCCO2. The van der Waals surface area contributed by atoms with Crippen LogP contribution >= 0.6 is 11.8 Å². The average molecular weight is 347 g/mol. The van der Waals surface area contributed by atoms with Crippen molar-refractivity contribution in [3.8, 4) is 11.5 Å². The molecule has 24 heavy (non-hydrogen) atoms. The van der Waals surface area contributed by atoms with E-state index in [2.05, 4.69) is 10.4 Å². The molecule has 1 aromatic carbocycles. The van der Waals surface area contributed by atoms with Crippen LogP contribution in [0.25, 0.3) is 0 Å². The van der Waals surface area contributed by atoms with Crippen LogP contribution in [0.2, 0.25) is 0 Å². The average Bonchev–Trinajstić information content (AvgIpc) is 2.89. The summed E-state index contributed by atoms with van der Waals surface area (Å²) in [5, 5.41) is 7.11. The van der Waals surface area contributed by atoms with E-state index >= 15 is 0 Å². The van der Waals surface area contributed by atoms with E-state index in [0.717, 1.165) is 22.8 Å². The second-order valence-corrected chi connectivity index (χ2v) is 6.80. The number of carbonyl (C=O) groups excluding carboxylic acids is 1. The number of aromatic nitrogens is 2. The van der Waals surface area contributed by atoms with Crippen molar-refractivity contribution in [2.24, 2.45) is 0 Å². The van der Waals surface area contributed by atoms with Crippen LogP contribution in [-0.4, -0.2) is 34.7 Å². The number of ether oxygens (including phenoxy) is 2. The molecule has 1 aromatic heterocycles. The van der Waals surface area contributed by atoms with Gasteiger partial charge in [-0.15, -0.1) is 11.8 Å². The van der Waals surface area contributed by atoms with Gasteiger partial charge in [-0.25, -0.2) is 4.68 Å². The van der Waals surface area contributed by atoms with Crippen LogP contribution in [0.5, 0.6) is 11.5 Å². The molecule has 0 atom stereocenters. The maximum Gasteiger partial charge on any atom is 0.235 e. The minimum atomic E-state index is -0.0606. The number of benzene rings is 1. The molecule has 1 aliphatic heterocycles. The predicted octanol–water partition coefficient (Wildman–Crippen LogP) is 3.36. The molecule has 0 unspecified atom stereocenters. The van der Waals surface area contributed by atoms with Gasteiger partial charge in [-0.3, -0.25) is 4.79 Å². The summed E-state index contributed by atoms with van der Waals surface area (Å²) in [5.41, 5.74) is 0. The van der Waals surface area contributed by atoms with Gasteiger partial charge in [-0.1, -0.05) is 0 Å². The summed E-state index contributed by atoms with van der Waals surface area (Å²) in [6, 6.07) is 7.77. The van der Waals surface area contributed by atoms with Crippen molar-refractivity contribution in [3.05, 3.63) is 30.5 Å². The molecule has 0 fully saturated rings. The predicted molar refractivity (Wildman–Crippen MR) is 94.0 cm³/mol. The van der Waals surface area contributed by atoms with Crippen molar-refractivity contribution in [1.29, 1.82) is 0 Å². The van der Waals surface area contributed by atoms with E-state index in [-0.39, 0.29) is 11.9 Å². The quantitative estimate of drug-likeness (QED) is 0.840. The first-order valence-electron chi connectivity index (χ1n) is 7.99. The third-order valence-corrected chi connectivity index (χ3v) is 4.51. The van der Waals surface area contributed by atoms with E-state index in [1.807, 2.05) is 32.0 Å². The fourth-order valence-electron chi connectivity index (χ4n) is 2.39. The summed E-state index contributed by atoms with van der Waals surface area (Å²) >= 11 is 1.47. The molecule has 2 aromatic rings. The first-order valence-corrected chi connectivity index (χ1v) is 8.98. The van der Waals surface area contributed by atoms with Gasteiger partial charge in [0.1, 0.15) is 5.82 Å². The van der Waals surface area contributed by atoms with Crippen molar-refractivity contribution in [3.63, 3.8) is 0 Å². The third kappa shape index (κ3) is 4.03. The fourth-order valence-corrected chi connectivity index (χ4v) is 3.11. The van der Waals surface area contributed by atoms with E-state index in [1.165, 1.54) is 11.8 Å². The Morgan fingerprint density at radius 3 is 2.88 bits per heavy atom. The molecule has 0 spiro atoms. The number of carbonyl (C=O) groups is 1. The molecule has 128 valence electrons. The van der Waals surface area contributed by atoms with Gasteiger partial charge >= 0.3 is 0 Å². The zero-order chi connectivity index (χ0) is 16.9. The molecule has 1 aliphatic rings. The van der Waals surface area contributed by atoms with E-state index < -0.39 is 0 Å². The maximum atomic E-state index is 12.2. The number of rotatable bonds is 5. The summed E-state index contributed by atoms with van der Waals surface area (Å²) in [5.74, 6) is 2.49. The highest BCUT2D eigenvalue weighted by Gasteiger charge is 2.13. The van der Waals surface area contributed by atoms with Gasteiger partial charge in [0.05, 0.1) is 25.2 Å². The van der Waals surface area contributed by atoms with Crippen LogP contribution in [0.1, 0.15) is 26.3 Å². The lowest BCUT2D eigenvalue weighted by molar-refractivity contribution is -0.113. The fraction of sp³-hybridized carbons (Fsp3) is 0.412. The molecule has 2 heterocycles. The van der Waals surface area contributed by atoms with E-state index in [9.17, 15) is 4.79 Å². The van der Waals surface area contributed by atoms with Crippen molar-refractivity contribution >= 4 is 23.5 Å². The Balaban J connectivity index is 1.58. The molecule has 0 radical (unpaired) electrons. The Labute approximate surface area is 145 Å². The second kappa shape index (κ2) is 7.61. The van der Waals surface area contributed by atoms with E-state index in [1.54, 1.807) is 16.9 Å². The minimum absolute atomic E-state index is 0.0606. The summed E-state index contributed by atoms with van der Waals surface area (Å²) in [7, 11) is 0. The first-order chi connectivity index (χ1) is 11.6. The number of thioether (sulfide) groups is 1. The zero-order valence-electron chi connectivity index (χ0n) is 13.8. The van der Waals surface area contributed by atoms with E-state index in [4.69, 9.17) is 9.47 Å². The summed E-state index contributed by atoms with van der Waals surface area (Å²) in [4.78, 5) is 13.2. The molecule has 3 rings (SSSR count). The number of nitrogens with one attached hydrogen (secondary N) is 1.